The molecule has 4 heterocycles. The van der Waals surface area contributed by atoms with Crippen LogP contribution in [0, 0.1) is 0 Å². The summed E-state index contributed by atoms with van der Waals surface area (Å²) in [6.07, 6.45) is 4.70. The molecule has 1 N–H and O–H groups in total. The van der Waals surface area contributed by atoms with Crippen LogP contribution in [0.5, 0.6) is 0 Å². The Hall–Kier alpha value is -3.80. The second-order valence-electron chi connectivity index (χ2n) is 7.87. The van der Waals surface area contributed by atoms with E-state index >= 15 is 0 Å². The fraction of sp³-hybridized carbons (Fsp3) is 0.409. The SMILES string of the molecule is CCCCn1c(=O)n(CCCCc2noc(-c3ccc(C(=O)OC)cn3)n2)c(=O)c2[nH]c(Cl)nc21. The summed E-state index contributed by atoms with van der Waals surface area (Å²) in [6.45, 7) is 2.71. The zero-order valence-electron chi connectivity index (χ0n) is 19.3. The van der Waals surface area contributed by atoms with E-state index in [0.717, 1.165) is 12.8 Å². The van der Waals surface area contributed by atoms with E-state index in [1.54, 1.807) is 12.1 Å². The standard InChI is InChI=1S/C22H24ClN7O5/c1-3-4-10-29-17-16(26-21(23)27-17)19(31)30(22(29)33)11-6-5-7-15-25-18(35-28-15)14-9-8-13(12-24-14)20(32)34-2/h8-9,12H,3-7,10-11H2,1-2H3,(H,26,27). The second kappa shape index (κ2) is 10.6. The molecule has 0 aliphatic carbocycles. The number of rotatable bonds is 10. The lowest BCUT2D eigenvalue weighted by molar-refractivity contribution is 0.0600. The number of halogens is 1. The Labute approximate surface area is 203 Å². The molecule has 0 radical (unpaired) electrons. The lowest BCUT2D eigenvalue weighted by Crippen LogP contribution is -2.40. The van der Waals surface area contributed by atoms with Crippen molar-refractivity contribution in [1.29, 1.82) is 0 Å². The number of ether oxygens (including phenoxy) is 1. The average Bonchev–Trinajstić information content (AvgIpc) is 3.50. The Kier molecular flexibility index (Phi) is 7.39. The predicted molar refractivity (Wildman–Crippen MR) is 126 cm³/mol. The molecule has 0 spiro atoms. The maximum absolute atomic E-state index is 13.0. The first-order valence-corrected chi connectivity index (χ1v) is 11.6. The number of fused-ring (bicyclic) bond motifs is 1. The molecule has 4 aromatic rings. The number of unbranched alkanes of at least 4 members (excludes halogenated alkanes) is 2. The molecule has 0 saturated heterocycles. The summed E-state index contributed by atoms with van der Waals surface area (Å²) < 4.78 is 12.6. The van der Waals surface area contributed by atoms with Gasteiger partial charge in [-0.25, -0.2) is 9.59 Å². The minimum absolute atomic E-state index is 0.0711. The lowest BCUT2D eigenvalue weighted by atomic mass is 10.2. The largest absolute Gasteiger partial charge is 0.465 e. The first-order chi connectivity index (χ1) is 16.9. The third kappa shape index (κ3) is 5.16. The molecule has 0 unspecified atom stereocenters. The number of H-pyrrole nitrogens is 1. The van der Waals surface area contributed by atoms with Crippen LogP contribution >= 0.6 is 11.6 Å². The van der Waals surface area contributed by atoms with E-state index < -0.39 is 17.2 Å². The maximum atomic E-state index is 13.0. The Morgan fingerprint density at radius 2 is 1.94 bits per heavy atom. The normalized spacial score (nSPS) is 11.3. The van der Waals surface area contributed by atoms with Crippen molar-refractivity contribution in [1.82, 2.24) is 34.2 Å². The number of methoxy groups -OCH3 is 1. The van der Waals surface area contributed by atoms with Crippen molar-refractivity contribution in [2.24, 2.45) is 0 Å². The van der Waals surface area contributed by atoms with Gasteiger partial charge >= 0.3 is 11.7 Å². The molecule has 0 fully saturated rings. The fourth-order valence-electron chi connectivity index (χ4n) is 3.62. The number of imidazole rings is 1. The van der Waals surface area contributed by atoms with E-state index in [4.69, 9.17) is 16.1 Å². The van der Waals surface area contributed by atoms with Crippen molar-refractivity contribution >= 4 is 28.7 Å². The smallest absolute Gasteiger partial charge is 0.339 e. The van der Waals surface area contributed by atoms with E-state index in [1.165, 1.54) is 22.4 Å². The van der Waals surface area contributed by atoms with Gasteiger partial charge in [-0.2, -0.15) is 9.97 Å². The summed E-state index contributed by atoms with van der Waals surface area (Å²) in [5.41, 5.74) is 0.405. The van der Waals surface area contributed by atoms with E-state index in [2.05, 4.69) is 29.8 Å². The van der Waals surface area contributed by atoms with E-state index in [0.29, 0.717) is 42.9 Å². The number of aromatic amines is 1. The first-order valence-electron chi connectivity index (χ1n) is 11.2. The highest BCUT2D eigenvalue weighted by molar-refractivity contribution is 6.28. The summed E-state index contributed by atoms with van der Waals surface area (Å²) in [7, 11) is 1.30. The molecule has 13 heteroatoms. The minimum Gasteiger partial charge on any atom is -0.465 e. The highest BCUT2D eigenvalue weighted by atomic mass is 35.5. The molecule has 0 aliphatic heterocycles. The number of hydrogen-bond donors (Lipinski definition) is 1. The third-order valence-corrected chi connectivity index (χ3v) is 5.65. The summed E-state index contributed by atoms with van der Waals surface area (Å²) in [5, 5.41) is 4.03. The molecule has 0 bridgehead atoms. The topological polar surface area (TPSA) is 151 Å². The molecule has 0 atom stereocenters. The molecule has 4 rings (SSSR count). The summed E-state index contributed by atoms with van der Waals surface area (Å²) in [5.74, 6) is 0.219. The van der Waals surface area contributed by atoms with Crippen LogP contribution in [0.1, 0.15) is 48.8 Å². The Morgan fingerprint density at radius 3 is 2.66 bits per heavy atom. The van der Waals surface area contributed by atoms with Gasteiger partial charge in [-0.05, 0) is 43.0 Å². The molecule has 4 aromatic heterocycles. The third-order valence-electron chi connectivity index (χ3n) is 5.47. The van der Waals surface area contributed by atoms with Gasteiger partial charge in [0.1, 0.15) is 5.69 Å². The van der Waals surface area contributed by atoms with Gasteiger partial charge in [0, 0.05) is 25.7 Å². The van der Waals surface area contributed by atoms with Gasteiger partial charge in [0.15, 0.2) is 17.0 Å². The van der Waals surface area contributed by atoms with Crippen LogP contribution in [-0.2, 0) is 24.2 Å². The monoisotopic (exact) mass is 501 g/mol. The Bertz CT molecular complexity index is 1450. The van der Waals surface area contributed by atoms with Crippen LogP contribution < -0.4 is 11.2 Å². The van der Waals surface area contributed by atoms with Gasteiger partial charge in [0.05, 0.1) is 12.7 Å². The number of pyridine rings is 1. The summed E-state index contributed by atoms with van der Waals surface area (Å²) >= 11 is 5.96. The van der Waals surface area contributed by atoms with E-state index in [9.17, 15) is 14.4 Å². The van der Waals surface area contributed by atoms with E-state index in [1.807, 2.05) is 6.92 Å². The summed E-state index contributed by atoms with van der Waals surface area (Å²) in [6, 6.07) is 3.16. The molecular weight excluding hydrogens is 478 g/mol. The Balaban J connectivity index is 1.42. The van der Waals surface area contributed by atoms with Gasteiger partial charge in [-0.3, -0.25) is 18.9 Å². The molecule has 0 amide bonds. The van der Waals surface area contributed by atoms with Crippen molar-refractivity contribution in [3.8, 4) is 11.6 Å². The number of nitrogens with one attached hydrogen (secondary N) is 1. The number of nitrogens with zero attached hydrogens (tertiary/aromatic N) is 6. The predicted octanol–water partition coefficient (Wildman–Crippen LogP) is 2.59. The van der Waals surface area contributed by atoms with Gasteiger partial charge in [-0.1, -0.05) is 18.5 Å². The fourth-order valence-corrected chi connectivity index (χ4v) is 3.80. The summed E-state index contributed by atoms with van der Waals surface area (Å²) in [4.78, 5) is 52.7. The second-order valence-corrected chi connectivity index (χ2v) is 8.23. The number of esters is 1. The van der Waals surface area contributed by atoms with Gasteiger partial charge in [0.25, 0.3) is 11.4 Å². The van der Waals surface area contributed by atoms with E-state index in [-0.39, 0.29) is 28.9 Å². The molecule has 0 aromatic carbocycles. The quantitative estimate of drug-likeness (QED) is 0.196. The highest BCUT2D eigenvalue weighted by Gasteiger charge is 2.17. The van der Waals surface area contributed by atoms with Crippen LogP contribution in [0.2, 0.25) is 5.28 Å². The van der Waals surface area contributed by atoms with Crippen LogP contribution in [0.15, 0.2) is 32.4 Å². The van der Waals surface area contributed by atoms with Crippen LogP contribution in [-0.4, -0.2) is 47.3 Å². The van der Waals surface area contributed by atoms with Crippen molar-refractivity contribution in [3.63, 3.8) is 0 Å². The van der Waals surface area contributed by atoms with Crippen molar-refractivity contribution in [3.05, 3.63) is 55.8 Å². The minimum atomic E-state index is -0.485. The van der Waals surface area contributed by atoms with Crippen LogP contribution in [0.3, 0.4) is 0 Å². The van der Waals surface area contributed by atoms with Gasteiger partial charge in [-0.15, -0.1) is 0 Å². The molecule has 0 saturated carbocycles. The number of hydrogen-bond acceptors (Lipinski definition) is 9. The Morgan fingerprint density at radius 1 is 1.14 bits per heavy atom. The van der Waals surface area contributed by atoms with Crippen molar-refractivity contribution < 1.29 is 14.1 Å². The first kappa shape index (κ1) is 24.3. The number of aryl methyl sites for hydroxylation is 2. The number of carbonyl (C=O) groups is 1. The van der Waals surface area contributed by atoms with Crippen LogP contribution in [0.25, 0.3) is 22.7 Å². The lowest BCUT2D eigenvalue weighted by Gasteiger charge is -2.10. The zero-order chi connectivity index (χ0) is 24.9. The average molecular weight is 502 g/mol. The molecular formula is C22H24ClN7O5. The van der Waals surface area contributed by atoms with Crippen molar-refractivity contribution in [2.75, 3.05) is 7.11 Å². The maximum Gasteiger partial charge on any atom is 0.339 e. The van der Waals surface area contributed by atoms with Gasteiger partial charge < -0.3 is 14.2 Å². The van der Waals surface area contributed by atoms with Gasteiger partial charge in [0.2, 0.25) is 5.28 Å². The number of aromatic nitrogens is 7. The van der Waals surface area contributed by atoms with Crippen molar-refractivity contribution in [2.45, 2.75) is 52.1 Å². The molecule has 0 aliphatic rings. The molecule has 35 heavy (non-hydrogen) atoms. The highest BCUT2D eigenvalue weighted by Crippen LogP contribution is 2.16. The molecule has 184 valence electrons. The zero-order valence-corrected chi connectivity index (χ0v) is 20.0. The number of carbonyl (C=O) groups excluding carboxylic acids is 1. The molecule has 12 nitrogen and oxygen atoms in total. The van der Waals surface area contributed by atoms with Crippen LogP contribution in [0.4, 0.5) is 0 Å².